The Bertz CT molecular complexity index is 2760. The van der Waals surface area contributed by atoms with Crippen LogP contribution in [0.25, 0.3) is 0 Å². The van der Waals surface area contributed by atoms with E-state index in [0.717, 1.165) is 98.7 Å². The molecule has 0 aromatic carbocycles. The van der Waals surface area contributed by atoms with Crippen molar-refractivity contribution in [2.45, 2.75) is 372 Å². The van der Waals surface area contributed by atoms with Crippen LogP contribution in [0.1, 0.15) is 372 Å². The molecule has 0 N–H and O–H groups in total. The van der Waals surface area contributed by atoms with Crippen LogP contribution in [0.2, 0.25) is 0 Å². The van der Waals surface area contributed by atoms with Crippen molar-refractivity contribution in [1.82, 2.24) is 0 Å². The van der Waals surface area contributed by atoms with Gasteiger partial charge in [-0.05, 0) is 339 Å². The van der Waals surface area contributed by atoms with E-state index < -0.39 is 0 Å². The third-order valence-electron chi connectivity index (χ3n) is 34.3. The van der Waals surface area contributed by atoms with E-state index in [1.165, 1.54) is 154 Å². The van der Waals surface area contributed by atoms with Crippen molar-refractivity contribution >= 4 is 0 Å². The van der Waals surface area contributed by atoms with E-state index >= 15 is 0 Å². The second-order valence-corrected chi connectivity index (χ2v) is 47.7. The van der Waals surface area contributed by atoms with E-state index in [1.807, 2.05) is 0 Å². The first-order valence-corrected chi connectivity index (χ1v) is 43.0. The lowest BCUT2D eigenvalue weighted by Gasteiger charge is -2.09. The van der Waals surface area contributed by atoms with Crippen LogP contribution in [0.3, 0.4) is 0 Å². The molecule has 104 heavy (non-hydrogen) atoms. The third kappa shape index (κ3) is 22.1. The zero-order valence-corrected chi connectivity index (χ0v) is 71.4. The van der Waals surface area contributed by atoms with Crippen molar-refractivity contribution in [2.24, 2.45) is 181 Å². The smallest absolute Gasteiger partial charge is 0.0661 e. The first-order chi connectivity index (χ1) is 47.8. The molecule has 24 atom stereocenters. The number of nitrogens with zero attached hydrogens (tertiary/aromatic N) is 8. The van der Waals surface area contributed by atoms with Crippen LogP contribution in [0.5, 0.6) is 0 Å². The maximum absolute atomic E-state index is 8.78. The largest absolute Gasteiger partial charge is 0.198 e. The van der Waals surface area contributed by atoms with Gasteiger partial charge in [0.25, 0.3) is 0 Å². The molecule has 16 aliphatic carbocycles. The Kier molecular flexibility index (Phi) is 23.7. The molecule has 0 bridgehead atoms. The summed E-state index contributed by atoms with van der Waals surface area (Å²) >= 11 is 0. The van der Waals surface area contributed by atoms with Crippen molar-refractivity contribution in [3.63, 3.8) is 0 Å². The van der Waals surface area contributed by atoms with E-state index in [-0.39, 0.29) is 0 Å². The quantitative estimate of drug-likeness (QED) is 0.0912. The number of hydrogen-bond acceptors (Lipinski definition) is 8. The van der Waals surface area contributed by atoms with Gasteiger partial charge in [-0.1, -0.05) is 166 Å². The Balaban J connectivity index is 0.000000138. The Labute approximate surface area is 639 Å². The molecule has 16 saturated carbocycles. The van der Waals surface area contributed by atoms with Crippen molar-refractivity contribution in [2.75, 3.05) is 0 Å². The summed E-state index contributed by atoms with van der Waals surface area (Å²) in [5.74, 6) is 10.5. The molecule has 0 saturated heterocycles. The van der Waals surface area contributed by atoms with Crippen LogP contribution in [-0.2, 0) is 0 Å². The summed E-state index contributed by atoms with van der Waals surface area (Å²) in [4.78, 5) is 0. The summed E-state index contributed by atoms with van der Waals surface area (Å²) in [7, 11) is 0. The molecule has 8 nitrogen and oxygen atoms in total. The molecule has 16 aliphatic rings. The molecule has 8 heteroatoms. The normalized spacial score (nSPS) is 45.4. The highest BCUT2D eigenvalue weighted by Crippen LogP contribution is 2.68. The Hall–Kier alpha value is -4.08. The van der Waals surface area contributed by atoms with Gasteiger partial charge in [0, 0.05) is 0 Å². The zero-order chi connectivity index (χ0) is 77.5. The maximum Gasteiger partial charge on any atom is 0.0661 e. The number of hydrogen-bond donors (Lipinski definition) is 0. The topological polar surface area (TPSA) is 190 Å². The molecule has 0 aliphatic heterocycles. The minimum atomic E-state index is 0.370. The minimum absolute atomic E-state index is 0.370. The van der Waals surface area contributed by atoms with Crippen LogP contribution in [0, 0.1) is 272 Å². The number of rotatable bonds is 24. The van der Waals surface area contributed by atoms with Crippen molar-refractivity contribution in [1.29, 1.82) is 42.1 Å². The van der Waals surface area contributed by atoms with Gasteiger partial charge in [-0.2, -0.15) is 42.1 Å². The third-order valence-corrected chi connectivity index (χ3v) is 34.3. The molecular formula is C96H152N8. The van der Waals surface area contributed by atoms with E-state index in [9.17, 15) is 0 Å². The molecular weight excluding hydrogens is 1270 g/mol. The predicted molar refractivity (Wildman–Crippen MR) is 424 cm³/mol. The van der Waals surface area contributed by atoms with Gasteiger partial charge in [0.1, 0.15) is 0 Å². The fourth-order valence-corrected chi connectivity index (χ4v) is 19.7. The lowest BCUT2D eigenvalue weighted by Crippen LogP contribution is -1.99. The van der Waals surface area contributed by atoms with Crippen molar-refractivity contribution in [3.8, 4) is 48.6 Å². The van der Waals surface area contributed by atoms with Gasteiger partial charge in [0.05, 0.1) is 95.9 Å². The van der Waals surface area contributed by atoms with E-state index in [1.54, 1.807) is 0 Å². The molecule has 0 radical (unpaired) electrons. The molecule has 0 aromatic rings. The van der Waals surface area contributed by atoms with Crippen LogP contribution < -0.4 is 0 Å². The fourth-order valence-electron chi connectivity index (χ4n) is 19.7. The van der Waals surface area contributed by atoms with Gasteiger partial charge in [0.2, 0.25) is 0 Å². The predicted octanol–water partition coefficient (Wildman–Crippen LogP) is 26.9. The summed E-state index contributed by atoms with van der Waals surface area (Å²) in [5.41, 5.74) is 8.12. The van der Waals surface area contributed by atoms with Gasteiger partial charge in [0.15, 0.2) is 0 Å². The molecule has 0 spiro atoms. The standard InChI is InChI=1S/8C12H19N/c8*1-11(2)6-9(11)4-5-12(3)7-10(12)8-13/h8*9-10H,4-7H2,1-3H3/t4*9?,10-,12+;4*9?,10-,12-/m11001100/s1. The van der Waals surface area contributed by atoms with Crippen molar-refractivity contribution < 1.29 is 0 Å². The van der Waals surface area contributed by atoms with E-state index in [4.69, 9.17) is 42.1 Å². The Morgan fingerprint density at radius 3 is 0.288 bits per heavy atom. The minimum Gasteiger partial charge on any atom is -0.198 e. The summed E-state index contributed by atoms with van der Waals surface area (Å²) in [6.45, 7) is 55.9. The van der Waals surface area contributed by atoms with E-state index in [2.05, 4.69) is 215 Å². The van der Waals surface area contributed by atoms with E-state index in [0.29, 0.717) is 134 Å². The van der Waals surface area contributed by atoms with Gasteiger partial charge >= 0.3 is 0 Å². The van der Waals surface area contributed by atoms with Crippen LogP contribution in [-0.4, -0.2) is 0 Å². The second-order valence-electron chi connectivity index (χ2n) is 47.7. The lowest BCUT2D eigenvalue weighted by molar-refractivity contribution is 0.422. The number of nitriles is 8. The summed E-state index contributed by atoms with van der Waals surface area (Å²) in [6, 6.07) is 19.2. The highest BCUT2D eigenvalue weighted by Gasteiger charge is 2.60. The second kappa shape index (κ2) is 29.3. The lowest BCUT2D eigenvalue weighted by atomic mass is 9.96. The van der Waals surface area contributed by atoms with Gasteiger partial charge in [-0.3, -0.25) is 0 Å². The molecule has 8 unspecified atom stereocenters. The highest BCUT2D eigenvalue weighted by molar-refractivity contribution is 5.17. The summed E-state index contributed by atoms with van der Waals surface area (Å²) in [5, 5.41) is 70.2. The molecule has 0 aromatic heterocycles. The van der Waals surface area contributed by atoms with Gasteiger partial charge in [-0.25, -0.2) is 0 Å². The summed E-state index contributed by atoms with van der Waals surface area (Å²) < 4.78 is 0. The first-order valence-electron chi connectivity index (χ1n) is 43.0. The maximum atomic E-state index is 8.78. The van der Waals surface area contributed by atoms with Crippen LogP contribution >= 0.6 is 0 Å². The molecule has 16 rings (SSSR count). The highest BCUT2D eigenvalue weighted by atomic mass is 14.6. The molecule has 0 heterocycles. The van der Waals surface area contributed by atoms with Crippen LogP contribution in [0.15, 0.2) is 0 Å². The molecule has 16 fully saturated rings. The molecule has 576 valence electrons. The summed E-state index contributed by atoms with van der Waals surface area (Å²) in [6.07, 6.45) is 41.4. The monoisotopic (exact) mass is 1420 g/mol. The fraction of sp³-hybridized carbons (Fsp3) is 0.917. The molecule has 0 amide bonds. The Morgan fingerprint density at radius 2 is 0.240 bits per heavy atom. The zero-order valence-electron chi connectivity index (χ0n) is 71.4. The average molecular weight is 1420 g/mol. The Morgan fingerprint density at radius 1 is 0.163 bits per heavy atom. The van der Waals surface area contributed by atoms with Crippen LogP contribution in [0.4, 0.5) is 0 Å². The average Bonchev–Trinajstić information content (AvgIpc) is 1.63. The van der Waals surface area contributed by atoms with Gasteiger partial charge < -0.3 is 0 Å². The van der Waals surface area contributed by atoms with Crippen molar-refractivity contribution in [3.05, 3.63) is 0 Å². The first kappa shape index (κ1) is 83.9. The SMILES string of the molecule is CC1(C)CC1CC[C@@]1(C)C[C@@H]1C#N.CC1(C)CC1CC[C@@]1(C)C[C@@H]1C#N.CC1(C)CC1CC[C@@]1(C)C[C@H]1C#N.CC1(C)CC1CC[C@@]1(C)C[C@H]1C#N.CC1(C)CC1CC[C@]1(C)C[C@@H]1C#N.CC1(C)CC1CC[C@]1(C)C[C@@H]1C#N.CC1(C)CC1CC[C@]1(C)C[C@H]1C#N.CC1(C)CC1CC[C@]1(C)C[C@H]1C#N. The van der Waals surface area contributed by atoms with Gasteiger partial charge in [-0.15, -0.1) is 0 Å².